The van der Waals surface area contributed by atoms with Crippen LogP contribution in [0.25, 0.3) is 0 Å². The maximum absolute atomic E-state index is 11.8. The number of nitrogens with one attached hydrogen (secondary N) is 2. The van der Waals surface area contributed by atoms with Gasteiger partial charge in [0.2, 0.25) is 5.91 Å². The number of halogens is 1. The fourth-order valence-corrected chi connectivity index (χ4v) is 1.55. The van der Waals surface area contributed by atoms with Crippen molar-refractivity contribution in [3.05, 3.63) is 28.8 Å². The number of aromatic carboxylic acids is 1. The number of carbonyl (C=O) groups excluding carboxylic acids is 2. The van der Waals surface area contributed by atoms with Gasteiger partial charge in [0.15, 0.2) is 0 Å². The van der Waals surface area contributed by atoms with Crippen LogP contribution in [0.5, 0.6) is 0 Å². The number of carbonyl (C=O) groups is 3. The minimum atomic E-state index is -1.19. The average Bonchev–Trinajstić information content (AvgIpc) is 2.40. The third-order valence-corrected chi connectivity index (χ3v) is 2.78. The monoisotopic (exact) mass is 299 g/mol. The van der Waals surface area contributed by atoms with Gasteiger partial charge in [-0.05, 0) is 18.2 Å². The number of urea groups is 1. The molecule has 0 saturated heterocycles. The van der Waals surface area contributed by atoms with Crippen LogP contribution in [0, 0.1) is 0 Å². The van der Waals surface area contributed by atoms with Crippen LogP contribution in [-0.2, 0) is 4.79 Å². The summed E-state index contributed by atoms with van der Waals surface area (Å²) >= 11 is 5.72. The molecule has 0 unspecified atom stereocenters. The second-order valence-electron chi connectivity index (χ2n) is 3.96. The number of anilines is 1. The molecule has 0 bridgehead atoms. The van der Waals surface area contributed by atoms with Gasteiger partial charge in [0, 0.05) is 19.8 Å². The van der Waals surface area contributed by atoms with E-state index in [2.05, 4.69) is 10.6 Å². The third-order valence-electron chi connectivity index (χ3n) is 2.45. The van der Waals surface area contributed by atoms with E-state index in [-0.39, 0.29) is 28.7 Å². The van der Waals surface area contributed by atoms with E-state index in [9.17, 15) is 14.4 Å². The first-order chi connectivity index (χ1) is 9.35. The van der Waals surface area contributed by atoms with Crippen LogP contribution in [0.15, 0.2) is 18.2 Å². The molecule has 0 aliphatic heterocycles. The summed E-state index contributed by atoms with van der Waals surface area (Å²) in [5.74, 6) is -1.50. The first kappa shape index (κ1) is 15.8. The largest absolute Gasteiger partial charge is 0.478 e. The van der Waals surface area contributed by atoms with E-state index in [4.69, 9.17) is 16.7 Å². The summed E-state index contributed by atoms with van der Waals surface area (Å²) in [5.41, 5.74) is 0.166. The lowest BCUT2D eigenvalue weighted by molar-refractivity contribution is -0.120. The first-order valence-corrected chi connectivity index (χ1v) is 5.98. The van der Waals surface area contributed by atoms with Crippen LogP contribution in [0.4, 0.5) is 10.5 Å². The van der Waals surface area contributed by atoms with E-state index in [0.29, 0.717) is 0 Å². The zero-order valence-corrected chi connectivity index (χ0v) is 11.7. The molecule has 0 radical (unpaired) electrons. The highest BCUT2D eigenvalue weighted by Crippen LogP contribution is 2.20. The molecular weight excluding hydrogens is 286 g/mol. The topological polar surface area (TPSA) is 98.7 Å². The fraction of sp³-hybridized carbons (Fsp3) is 0.250. The number of benzene rings is 1. The molecule has 3 N–H and O–H groups in total. The Morgan fingerprint density at radius 1 is 1.35 bits per heavy atom. The van der Waals surface area contributed by atoms with Crippen LogP contribution < -0.4 is 10.6 Å². The Morgan fingerprint density at radius 2 is 2.00 bits per heavy atom. The Hall–Kier alpha value is -2.28. The number of nitrogens with zero attached hydrogens (tertiary/aromatic N) is 1. The summed E-state index contributed by atoms with van der Waals surface area (Å²) in [5, 5.41) is 13.9. The minimum Gasteiger partial charge on any atom is -0.478 e. The molecule has 0 aliphatic rings. The lowest BCUT2D eigenvalue weighted by atomic mass is 10.2. The van der Waals surface area contributed by atoms with E-state index in [1.807, 2.05) is 0 Å². The molecule has 7 nitrogen and oxygen atoms in total. The summed E-state index contributed by atoms with van der Waals surface area (Å²) in [6.07, 6.45) is 0. The molecule has 1 aromatic rings. The number of hydrogen-bond acceptors (Lipinski definition) is 3. The van der Waals surface area contributed by atoms with Crippen molar-refractivity contribution in [2.45, 2.75) is 0 Å². The predicted octanol–water partition coefficient (Wildman–Crippen LogP) is 1.25. The van der Waals surface area contributed by atoms with Crippen LogP contribution in [0.1, 0.15) is 10.4 Å². The smallest absolute Gasteiger partial charge is 0.337 e. The molecule has 3 amide bonds. The van der Waals surface area contributed by atoms with Gasteiger partial charge in [0.05, 0.1) is 10.6 Å². The fourth-order valence-electron chi connectivity index (χ4n) is 1.35. The molecule has 0 aliphatic carbocycles. The van der Waals surface area contributed by atoms with E-state index in [1.54, 1.807) is 0 Å². The molecule has 1 rings (SSSR count). The zero-order valence-electron chi connectivity index (χ0n) is 10.9. The molecule has 0 fully saturated rings. The Bertz CT molecular complexity index is 548. The molecule has 1 aromatic carbocycles. The molecule has 8 heteroatoms. The van der Waals surface area contributed by atoms with Crippen LogP contribution in [0.3, 0.4) is 0 Å². The van der Waals surface area contributed by atoms with E-state index >= 15 is 0 Å². The van der Waals surface area contributed by atoms with Crippen molar-refractivity contribution in [1.82, 2.24) is 10.2 Å². The van der Waals surface area contributed by atoms with Gasteiger partial charge in [-0.15, -0.1) is 0 Å². The number of likely N-dealkylation sites (N-methyl/N-ethyl adjacent to an activating group) is 2. The van der Waals surface area contributed by atoms with E-state index in [1.165, 1.54) is 32.3 Å². The lowest BCUT2D eigenvalue weighted by Gasteiger charge is -2.17. The number of hydrogen-bond donors (Lipinski definition) is 3. The minimum absolute atomic E-state index is 0.0780. The lowest BCUT2D eigenvalue weighted by Crippen LogP contribution is -2.39. The Morgan fingerprint density at radius 3 is 2.55 bits per heavy atom. The van der Waals surface area contributed by atoms with Crippen LogP contribution in [0.2, 0.25) is 5.02 Å². The highest BCUT2D eigenvalue weighted by atomic mass is 35.5. The average molecular weight is 300 g/mol. The maximum Gasteiger partial charge on any atom is 0.337 e. The van der Waals surface area contributed by atoms with Crippen molar-refractivity contribution in [3.8, 4) is 0 Å². The normalized spacial score (nSPS) is 9.75. The van der Waals surface area contributed by atoms with Gasteiger partial charge in [-0.3, -0.25) is 4.79 Å². The molecule has 108 valence electrons. The van der Waals surface area contributed by atoms with Crippen molar-refractivity contribution < 1.29 is 19.5 Å². The second-order valence-corrected chi connectivity index (χ2v) is 4.37. The highest BCUT2D eigenvalue weighted by Gasteiger charge is 2.14. The summed E-state index contributed by atoms with van der Waals surface area (Å²) in [6.45, 7) is -0.109. The molecule has 0 atom stereocenters. The molecular formula is C12H14ClN3O4. The van der Waals surface area contributed by atoms with Crippen molar-refractivity contribution in [2.75, 3.05) is 26.0 Å². The van der Waals surface area contributed by atoms with Gasteiger partial charge in [-0.1, -0.05) is 11.6 Å². The second kappa shape index (κ2) is 6.76. The van der Waals surface area contributed by atoms with Gasteiger partial charge in [0.1, 0.15) is 6.54 Å². The van der Waals surface area contributed by atoms with Crippen molar-refractivity contribution in [3.63, 3.8) is 0 Å². The highest BCUT2D eigenvalue weighted by molar-refractivity contribution is 6.33. The number of rotatable bonds is 4. The first-order valence-electron chi connectivity index (χ1n) is 5.60. The molecule has 0 heterocycles. The molecule has 20 heavy (non-hydrogen) atoms. The SMILES string of the molecule is CNC(=O)CN(C)C(=O)Nc1ccc(Cl)c(C(=O)O)c1. The quantitative estimate of drug-likeness (QED) is 0.779. The van der Waals surface area contributed by atoms with Crippen LogP contribution >= 0.6 is 11.6 Å². The van der Waals surface area contributed by atoms with Crippen LogP contribution in [-0.4, -0.2) is 48.6 Å². The maximum atomic E-state index is 11.8. The van der Waals surface area contributed by atoms with Gasteiger partial charge < -0.3 is 20.6 Å². The Balaban J connectivity index is 2.78. The Labute approximate surface area is 120 Å². The van der Waals surface area contributed by atoms with Gasteiger partial charge in [-0.25, -0.2) is 9.59 Å². The summed E-state index contributed by atoms with van der Waals surface area (Å²) in [7, 11) is 2.91. The van der Waals surface area contributed by atoms with E-state index in [0.717, 1.165) is 4.90 Å². The molecule has 0 spiro atoms. The van der Waals surface area contributed by atoms with E-state index < -0.39 is 12.0 Å². The summed E-state index contributed by atoms with van der Waals surface area (Å²) in [4.78, 5) is 35.0. The van der Waals surface area contributed by atoms with Crippen molar-refractivity contribution >= 4 is 35.2 Å². The summed E-state index contributed by atoms with van der Waals surface area (Å²) < 4.78 is 0. The van der Waals surface area contributed by atoms with Gasteiger partial charge in [0.25, 0.3) is 0 Å². The standard InChI is InChI=1S/C12H14ClN3O4/c1-14-10(17)6-16(2)12(20)15-7-3-4-9(13)8(5-7)11(18)19/h3-5H,6H2,1-2H3,(H,14,17)(H,15,20)(H,18,19). The van der Waals surface area contributed by atoms with Crippen molar-refractivity contribution in [1.29, 1.82) is 0 Å². The molecule has 0 aromatic heterocycles. The number of carboxylic acids is 1. The number of amides is 3. The Kier molecular flexibility index (Phi) is 5.33. The number of carboxylic acid groups (broad SMARTS) is 1. The van der Waals surface area contributed by atoms with Gasteiger partial charge >= 0.3 is 12.0 Å². The molecule has 0 saturated carbocycles. The van der Waals surface area contributed by atoms with Gasteiger partial charge in [-0.2, -0.15) is 0 Å². The predicted molar refractivity (Wildman–Crippen MR) is 74.1 cm³/mol. The summed E-state index contributed by atoms with van der Waals surface area (Å²) in [6, 6.07) is 3.56. The third kappa shape index (κ3) is 4.13. The zero-order chi connectivity index (χ0) is 15.3. The van der Waals surface area contributed by atoms with Crippen molar-refractivity contribution in [2.24, 2.45) is 0 Å².